The van der Waals surface area contributed by atoms with Gasteiger partial charge in [0.25, 0.3) is 11.6 Å². The van der Waals surface area contributed by atoms with Crippen LogP contribution in [0.3, 0.4) is 0 Å². The van der Waals surface area contributed by atoms with E-state index in [1.807, 2.05) is 48.2 Å². The lowest BCUT2D eigenvalue weighted by molar-refractivity contribution is -0.384. The summed E-state index contributed by atoms with van der Waals surface area (Å²) in [6, 6.07) is 15.9. The first kappa shape index (κ1) is 21.1. The number of carbonyl (C=O) groups excluding carboxylic acids is 1. The molecule has 2 aromatic carbocycles. The molecule has 1 amide bonds. The Morgan fingerprint density at radius 2 is 1.90 bits per heavy atom. The maximum atomic E-state index is 12.6. The average molecular weight is 404 g/mol. The van der Waals surface area contributed by atoms with Crippen LogP contribution in [0.5, 0.6) is 0 Å². The third-order valence-corrected chi connectivity index (χ3v) is 5.22. The Labute approximate surface area is 175 Å². The van der Waals surface area contributed by atoms with Crippen LogP contribution >= 0.6 is 0 Å². The van der Waals surface area contributed by atoms with Gasteiger partial charge < -0.3 is 10.2 Å². The van der Waals surface area contributed by atoms with Gasteiger partial charge in [-0.2, -0.15) is 5.26 Å². The second-order valence-electron chi connectivity index (χ2n) is 7.33. The van der Waals surface area contributed by atoms with E-state index >= 15 is 0 Å². The summed E-state index contributed by atoms with van der Waals surface area (Å²) >= 11 is 0. The highest BCUT2D eigenvalue weighted by Crippen LogP contribution is 2.32. The number of hydrogen-bond acceptors (Lipinski definition) is 5. The minimum atomic E-state index is -0.517. The number of rotatable bonds is 6. The zero-order valence-corrected chi connectivity index (χ0v) is 16.9. The molecule has 0 bridgehead atoms. The molecule has 2 aromatic rings. The van der Waals surface area contributed by atoms with E-state index < -0.39 is 10.8 Å². The number of amides is 1. The Morgan fingerprint density at radius 1 is 1.20 bits per heavy atom. The lowest BCUT2D eigenvalue weighted by Crippen LogP contribution is -2.29. The third-order valence-electron chi connectivity index (χ3n) is 5.22. The number of nitrogens with one attached hydrogen (secondary N) is 1. The summed E-state index contributed by atoms with van der Waals surface area (Å²) in [7, 11) is 0. The van der Waals surface area contributed by atoms with Crippen molar-refractivity contribution in [1.29, 1.82) is 5.26 Å². The Balaban J connectivity index is 1.82. The van der Waals surface area contributed by atoms with Gasteiger partial charge in [-0.1, -0.05) is 36.4 Å². The summed E-state index contributed by atoms with van der Waals surface area (Å²) in [5.41, 5.74) is 1.84. The molecule has 1 heterocycles. The smallest absolute Gasteiger partial charge is 0.293 e. The number of piperidine rings is 1. The number of benzene rings is 2. The van der Waals surface area contributed by atoms with Crippen LogP contribution in [0.1, 0.15) is 43.4 Å². The third kappa shape index (κ3) is 5.03. The monoisotopic (exact) mass is 404 g/mol. The van der Waals surface area contributed by atoms with E-state index in [4.69, 9.17) is 0 Å². The first-order chi connectivity index (χ1) is 14.5. The first-order valence-corrected chi connectivity index (χ1v) is 10.0. The number of nitrogens with zero attached hydrogens (tertiary/aromatic N) is 3. The highest BCUT2D eigenvalue weighted by Gasteiger charge is 2.22. The summed E-state index contributed by atoms with van der Waals surface area (Å²) < 4.78 is 0. The van der Waals surface area contributed by atoms with Crippen molar-refractivity contribution < 1.29 is 9.72 Å². The molecule has 1 atom stereocenters. The van der Waals surface area contributed by atoms with Crippen LogP contribution in [0.25, 0.3) is 6.08 Å². The van der Waals surface area contributed by atoms with Gasteiger partial charge in [0.1, 0.15) is 17.3 Å². The Hall–Kier alpha value is -3.66. The maximum Gasteiger partial charge on any atom is 0.293 e. The molecule has 1 saturated heterocycles. The topological polar surface area (TPSA) is 99.3 Å². The van der Waals surface area contributed by atoms with Gasteiger partial charge in [-0.3, -0.25) is 14.9 Å². The van der Waals surface area contributed by atoms with Gasteiger partial charge in [0.05, 0.1) is 11.0 Å². The molecule has 1 N–H and O–H groups in total. The zero-order chi connectivity index (χ0) is 21.5. The van der Waals surface area contributed by atoms with Crippen LogP contribution in [-0.2, 0) is 4.79 Å². The fourth-order valence-corrected chi connectivity index (χ4v) is 3.59. The van der Waals surface area contributed by atoms with Gasteiger partial charge in [-0.15, -0.1) is 0 Å². The van der Waals surface area contributed by atoms with Crippen LogP contribution in [0.2, 0.25) is 0 Å². The second kappa shape index (κ2) is 9.70. The van der Waals surface area contributed by atoms with Crippen LogP contribution in [0, 0.1) is 21.4 Å². The second-order valence-corrected chi connectivity index (χ2v) is 7.33. The van der Waals surface area contributed by atoms with Crippen molar-refractivity contribution in [3.8, 4) is 6.07 Å². The van der Waals surface area contributed by atoms with Gasteiger partial charge in [0, 0.05) is 19.2 Å². The highest BCUT2D eigenvalue weighted by atomic mass is 16.6. The highest BCUT2D eigenvalue weighted by molar-refractivity contribution is 6.02. The molecule has 1 fully saturated rings. The van der Waals surface area contributed by atoms with Crippen molar-refractivity contribution in [1.82, 2.24) is 5.32 Å². The number of nitro benzene ring substituents is 1. The Bertz CT molecular complexity index is 989. The van der Waals surface area contributed by atoms with E-state index in [1.165, 1.54) is 12.1 Å². The quantitative estimate of drug-likeness (QED) is 0.334. The molecule has 154 valence electrons. The minimum Gasteiger partial charge on any atom is -0.366 e. The van der Waals surface area contributed by atoms with Crippen LogP contribution in [0.15, 0.2) is 54.1 Å². The van der Waals surface area contributed by atoms with Crippen molar-refractivity contribution in [2.24, 2.45) is 0 Å². The molecule has 0 aliphatic carbocycles. The number of hydrogen-bond donors (Lipinski definition) is 1. The molecule has 1 aliphatic heterocycles. The van der Waals surface area contributed by atoms with Gasteiger partial charge in [0.2, 0.25) is 0 Å². The predicted octanol–water partition coefficient (Wildman–Crippen LogP) is 4.37. The van der Waals surface area contributed by atoms with Crippen LogP contribution in [0.4, 0.5) is 11.4 Å². The lowest BCUT2D eigenvalue weighted by atomic mass is 10.1. The van der Waals surface area contributed by atoms with E-state index in [0.717, 1.165) is 37.9 Å². The van der Waals surface area contributed by atoms with E-state index in [-0.39, 0.29) is 17.3 Å². The van der Waals surface area contributed by atoms with Crippen molar-refractivity contribution in [2.75, 3.05) is 18.0 Å². The van der Waals surface area contributed by atoms with Crippen LogP contribution in [-0.4, -0.2) is 23.9 Å². The van der Waals surface area contributed by atoms with E-state index in [2.05, 4.69) is 5.32 Å². The zero-order valence-electron chi connectivity index (χ0n) is 16.9. The van der Waals surface area contributed by atoms with Crippen molar-refractivity contribution in [3.05, 3.63) is 75.3 Å². The molecule has 30 heavy (non-hydrogen) atoms. The summed E-state index contributed by atoms with van der Waals surface area (Å²) in [5, 5.41) is 23.9. The summed E-state index contributed by atoms with van der Waals surface area (Å²) in [5.74, 6) is -0.517. The standard InChI is InChI=1S/C23H24N4O3/c1-17(19-8-4-2-5-9-19)25-23(28)20(16-24)14-18-10-11-21(22(15-18)27(29)30)26-12-6-3-7-13-26/h2,4-5,8-11,14-15,17H,3,6-7,12-13H2,1H3,(H,25,28)/b20-14+. The first-order valence-electron chi connectivity index (χ1n) is 10.0. The molecule has 0 aromatic heterocycles. The fourth-order valence-electron chi connectivity index (χ4n) is 3.59. The SMILES string of the molecule is CC(NC(=O)/C(C#N)=C/c1ccc(N2CCCCC2)c([N+](=O)[O-])c1)c1ccccc1. The predicted molar refractivity (Wildman–Crippen MR) is 116 cm³/mol. The molecule has 0 saturated carbocycles. The van der Waals surface area contributed by atoms with Crippen molar-refractivity contribution >= 4 is 23.4 Å². The van der Waals surface area contributed by atoms with Gasteiger partial charge in [-0.05, 0) is 49.5 Å². The van der Waals surface area contributed by atoms with E-state index in [1.54, 1.807) is 12.1 Å². The average Bonchev–Trinajstić information content (AvgIpc) is 2.78. The number of carbonyl (C=O) groups is 1. The molecule has 3 rings (SSSR count). The Kier molecular flexibility index (Phi) is 6.81. The normalized spacial score (nSPS) is 15.2. The molecule has 1 unspecified atom stereocenters. The van der Waals surface area contributed by atoms with E-state index in [9.17, 15) is 20.2 Å². The minimum absolute atomic E-state index is 0.0130. The maximum absolute atomic E-state index is 12.6. The van der Waals surface area contributed by atoms with Gasteiger partial charge >= 0.3 is 0 Å². The van der Waals surface area contributed by atoms with Crippen molar-refractivity contribution in [2.45, 2.75) is 32.2 Å². The summed E-state index contributed by atoms with van der Waals surface area (Å²) in [4.78, 5) is 25.8. The molecule has 0 radical (unpaired) electrons. The molecule has 0 spiro atoms. The van der Waals surface area contributed by atoms with Crippen molar-refractivity contribution in [3.63, 3.8) is 0 Å². The molecule has 7 nitrogen and oxygen atoms in total. The number of nitriles is 1. The van der Waals surface area contributed by atoms with E-state index in [0.29, 0.717) is 11.3 Å². The van der Waals surface area contributed by atoms with Gasteiger partial charge in [-0.25, -0.2) is 0 Å². The summed E-state index contributed by atoms with van der Waals surface area (Å²) in [6.45, 7) is 3.42. The number of anilines is 1. The van der Waals surface area contributed by atoms with Gasteiger partial charge in [0.15, 0.2) is 0 Å². The molecule has 7 heteroatoms. The number of nitro groups is 1. The summed E-state index contributed by atoms with van der Waals surface area (Å²) in [6.07, 6.45) is 4.54. The largest absolute Gasteiger partial charge is 0.366 e. The van der Waals surface area contributed by atoms with Crippen LogP contribution < -0.4 is 10.2 Å². The lowest BCUT2D eigenvalue weighted by Gasteiger charge is -2.28. The molecular weight excluding hydrogens is 380 g/mol. The fraction of sp³-hybridized carbons (Fsp3) is 0.304. The Morgan fingerprint density at radius 3 is 2.53 bits per heavy atom. The molecular formula is C23H24N4O3. The molecule has 1 aliphatic rings.